The molecule has 26 heavy (non-hydrogen) atoms. The van der Waals surface area contributed by atoms with Crippen LogP contribution in [0.15, 0.2) is 30.6 Å². The SMILES string of the molecule is O=C(O)Cn1c2c(c3cc(F)ccc31)C[C@@H](Nc1ncc(F)cn1)CC2. The van der Waals surface area contributed by atoms with E-state index in [2.05, 4.69) is 15.3 Å². The zero-order valence-corrected chi connectivity index (χ0v) is 13.7. The molecular weight excluding hydrogens is 342 g/mol. The average molecular weight is 358 g/mol. The van der Waals surface area contributed by atoms with Gasteiger partial charge in [0.25, 0.3) is 0 Å². The molecule has 2 N–H and O–H groups in total. The largest absolute Gasteiger partial charge is 0.480 e. The Labute approximate surface area is 147 Å². The van der Waals surface area contributed by atoms with Gasteiger partial charge in [-0.3, -0.25) is 4.79 Å². The number of rotatable bonds is 4. The Kier molecular flexibility index (Phi) is 4.02. The predicted octanol–water partition coefficient (Wildman–Crippen LogP) is 2.76. The summed E-state index contributed by atoms with van der Waals surface area (Å²) in [5.74, 6) is -1.47. The topological polar surface area (TPSA) is 80.0 Å². The summed E-state index contributed by atoms with van der Waals surface area (Å²) in [5, 5.41) is 13.1. The van der Waals surface area contributed by atoms with Gasteiger partial charge in [-0.1, -0.05) is 0 Å². The number of hydrogen-bond acceptors (Lipinski definition) is 4. The van der Waals surface area contributed by atoms with Crippen LogP contribution in [0.2, 0.25) is 0 Å². The third-order valence-electron chi connectivity index (χ3n) is 4.68. The summed E-state index contributed by atoms with van der Waals surface area (Å²) in [7, 11) is 0. The van der Waals surface area contributed by atoms with E-state index in [-0.39, 0.29) is 18.4 Å². The van der Waals surface area contributed by atoms with Gasteiger partial charge in [0.1, 0.15) is 12.4 Å². The Morgan fingerprint density at radius 3 is 2.77 bits per heavy atom. The minimum Gasteiger partial charge on any atom is -0.480 e. The van der Waals surface area contributed by atoms with Gasteiger partial charge < -0.3 is 15.0 Å². The number of nitrogens with one attached hydrogen (secondary N) is 1. The first kappa shape index (κ1) is 16.4. The maximum Gasteiger partial charge on any atom is 0.323 e. The van der Waals surface area contributed by atoms with Crippen molar-refractivity contribution in [2.24, 2.45) is 0 Å². The van der Waals surface area contributed by atoms with Crippen molar-refractivity contribution < 1.29 is 18.7 Å². The van der Waals surface area contributed by atoms with Crippen molar-refractivity contribution in [1.82, 2.24) is 14.5 Å². The van der Waals surface area contributed by atoms with E-state index in [1.54, 1.807) is 10.6 Å². The van der Waals surface area contributed by atoms with Gasteiger partial charge in [0, 0.05) is 22.6 Å². The van der Waals surface area contributed by atoms with E-state index in [0.29, 0.717) is 18.8 Å². The van der Waals surface area contributed by atoms with Crippen LogP contribution in [0.5, 0.6) is 0 Å². The van der Waals surface area contributed by atoms with Crippen molar-refractivity contribution in [2.45, 2.75) is 31.8 Å². The average Bonchev–Trinajstić information content (AvgIpc) is 2.89. The molecule has 1 atom stereocenters. The lowest BCUT2D eigenvalue weighted by Gasteiger charge is -2.24. The summed E-state index contributed by atoms with van der Waals surface area (Å²) in [6, 6.07) is 4.41. The van der Waals surface area contributed by atoms with E-state index in [1.165, 1.54) is 12.1 Å². The first-order chi connectivity index (χ1) is 12.5. The quantitative estimate of drug-likeness (QED) is 0.750. The van der Waals surface area contributed by atoms with E-state index in [1.807, 2.05) is 0 Å². The fourth-order valence-corrected chi connectivity index (χ4v) is 3.63. The molecule has 0 aliphatic heterocycles. The maximum absolute atomic E-state index is 13.8. The van der Waals surface area contributed by atoms with Gasteiger partial charge >= 0.3 is 5.97 Å². The van der Waals surface area contributed by atoms with Crippen LogP contribution in [-0.4, -0.2) is 31.7 Å². The number of halogens is 2. The summed E-state index contributed by atoms with van der Waals surface area (Å²) in [6.07, 6.45) is 4.17. The Bertz CT molecular complexity index is 985. The van der Waals surface area contributed by atoms with Crippen LogP contribution in [0, 0.1) is 11.6 Å². The molecule has 134 valence electrons. The first-order valence-electron chi connectivity index (χ1n) is 8.26. The minimum atomic E-state index is -0.936. The number of carboxylic acid groups (broad SMARTS) is 1. The van der Waals surface area contributed by atoms with Crippen molar-refractivity contribution in [1.29, 1.82) is 0 Å². The highest BCUT2D eigenvalue weighted by molar-refractivity contribution is 5.87. The third-order valence-corrected chi connectivity index (χ3v) is 4.68. The molecular formula is C18H16F2N4O2. The second-order valence-corrected chi connectivity index (χ2v) is 6.38. The summed E-state index contributed by atoms with van der Waals surface area (Å²) < 4.78 is 28.5. The van der Waals surface area contributed by atoms with Gasteiger partial charge in [-0.15, -0.1) is 0 Å². The lowest BCUT2D eigenvalue weighted by molar-refractivity contribution is -0.137. The lowest BCUT2D eigenvalue weighted by atomic mass is 9.91. The number of hydrogen-bond donors (Lipinski definition) is 2. The normalized spacial score (nSPS) is 16.5. The number of fused-ring (bicyclic) bond motifs is 3. The molecule has 0 spiro atoms. The Morgan fingerprint density at radius 1 is 1.27 bits per heavy atom. The minimum absolute atomic E-state index is 0.0000987. The van der Waals surface area contributed by atoms with Crippen molar-refractivity contribution in [3.63, 3.8) is 0 Å². The monoisotopic (exact) mass is 358 g/mol. The van der Waals surface area contributed by atoms with E-state index in [9.17, 15) is 18.7 Å². The van der Waals surface area contributed by atoms with Crippen LogP contribution in [0.3, 0.4) is 0 Å². The number of nitrogens with zero attached hydrogens (tertiary/aromatic N) is 3. The van der Waals surface area contributed by atoms with Crippen LogP contribution in [0.4, 0.5) is 14.7 Å². The van der Waals surface area contributed by atoms with Gasteiger partial charge in [-0.25, -0.2) is 18.7 Å². The van der Waals surface area contributed by atoms with Crippen molar-refractivity contribution in [3.8, 4) is 0 Å². The summed E-state index contributed by atoms with van der Waals surface area (Å²) in [4.78, 5) is 19.1. The standard InChI is InChI=1S/C18H16F2N4O2/c19-10-1-3-15-13(5-10)14-6-12(23-18-21-7-11(20)8-22-18)2-4-16(14)24(15)9-17(25)26/h1,3,5,7-8,12H,2,4,6,9H2,(H,25,26)(H,21,22,23)/t12-/m0/s1. The van der Waals surface area contributed by atoms with E-state index >= 15 is 0 Å². The highest BCUT2D eigenvalue weighted by Crippen LogP contribution is 2.33. The van der Waals surface area contributed by atoms with Crippen LogP contribution >= 0.6 is 0 Å². The molecule has 0 saturated carbocycles. The molecule has 6 nitrogen and oxygen atoms in total. The molecule has 0 unspecified atom stereocenters. The van der Waals surface area contributed by atoms with Gasteiger partial charge in [0.15, 0.2) is 5.82 Å². The zero-order chi connectivity index (χ0) is 18.3. The first-order valence-corrected chi connectivity index (χ1v) is 8.26. The summed E-state index contributed by atoms with van der Waals surface area (Å²) in [5.41, 5.74) is 2.58. The molecule has 2 heterocycles. The summed E-state index contributed by atoms with van der Waals surface area (Å²) >= 11 is 0. The second-order valence-electron chi connectivity index (χ2n) is 6.38. The van der Waals surface area contributed by atoms with E-state index < -0.39 is 11.8 Å². The van der Waals surface area contributed by atoms with E-state index in [0.717, 1.165) is 41.0 Å². The molecule has 2 aromatic heterocycles. The number of aromatic nitrogens is 3. The fraction of sp³-hybridized carbons (Fsp3) is 0.278. The Morgan fingerprint density at radius 2 is 2.04 bits per heavy atom. The summed E-state index contributed by atoms with van der Waals surface area (Å²) in [6.45, 7) is -0.156. The molecule has 0 radical (unpaired) electrons. The van der Waals surface area contributed by atoms with Gasteiger partial charge in [-0.2, -0.15) is 0 Å². The van der Waals surface area contributed by atoms with Crippen molar-refractivity contribution in [2.75, 3.05) is 5.32 Å². The Hall–Kier alpha value is -3.03. The van der Waals surface area contributed by atoms with E-state index in [4.69, 9.17) is 0 Å². The van der Waals surface area contributed by atoms with Gasteiger partial charge in [0.2, 0.25) is 5.95 Å². The molecule has 4 rings (SSSR count). The molecule has 8 heteroatoms. The highest BCUT2D eigenvalue weighted by atomic mass is 19.1. The van der Waals surface area contributed by atoms with Gasteiger partial charge in [-0.05, 0) is 43.0 Å². The van der Waals surface area contributed by atoms with Crippen LogP contribution in [0.1, 0.15) is 17.7 Å². The molecule has 0 fully saturated rings. The van der Waals surface area contributed by atoms with Crippen LogP contribution in [-0.2, 0) is 24.2 Å². The number of carboxylic acids is 1. The number of benzene rings is 1. The van der Waals surface area contributed by atoms with Crippen LogP contribution < -0.4 is 5.32 Å². The van der Waals surface area contributed by atoms with Crippen LogP contribution in [0.25, 0.3) is 10.9 Å². The second kappa shape index (κ2) is 6.36. The van der Waals surface area contributed by atoms with Gasteiger partial charge in [0.05, 0.1) is 12.4 Å². The molecule has 1 aromatic carbocycles. The molecule has 0 saturated heterocycles. The molecule has 3 aromatic rings. The number of anilines is 1. The fourth-order valence-electron chi connectivity index (χ4n) is 3.63. The zero-order valence-electron chi connectivity index (χ0n) is 13.7. The smallest absolute Gasteiger partial charge is 0.323 e. The number of carbonyl (C=O) groups is 1. The number of aliphatic carboxylic acids is 1. The maximum atomic E-state index is 13.8. The molecule has 0 bridgehead atoms. The van der Waals surface area contributed by atoms with Crippen molar-refractivity contribution in [3.05, 3.63) is 53.5 Å². The van der Waals surface area contributed by atoms with Crippen molar-refractivity contribution >= 4 is 22.8 Å². The third kappa shape index (κ3) is 2.98. The molecule has 1 aliphatic carbocycles. The highest BCUT2D eigenvalue weighted by Gasteiger charge is 2.26. The molecule has 1 aliphatic rings. The Balaban J connectivity index is 1.69. The lowest BCUT2D eigenvalue weighted by Crippen LogP contribution is -2.29. The molecule has 0 amide bonds. The predicted molar refractivity (Wildman–Crippen MR) is 91.0 cm³/mol.